The third-order valence-electron chi connectivity index (χ3n) is 15.4. The Morgan fingerprint density at radius 1 is 0.291 bits per heavy atom. The molecule has 0 radical (unpaired) electrons. The van der Waals surface area contributed by atoms with Gasteiger partial charge in [-0.15, -0.1) is 0 Å². The van der Waals surface area contributed by atoms with E-state index in [4.69, 9.17) is 4.74 Å². The summed E-state index contributed by atoms with van der Waals surface area (Å²) in [6.07, 6.45) is 41.5. The largest absolute Gasteiger partial charge is 0.382 e. The molecule has 15 heteroatoms. The van der Waals surface area contributed by atoms with E-state index in [9.17, 15) is 39.6 Å². The predicted octanol–water partition coefficient (Wildman–Crippen LogP) is 11.2. The zero-order valence-corrected chi connectivity index (χ0v) is 51.8. The third-order valence-corrected chi connectivity index (χ3v) is 15.4. The molecule has 0 aromatic rings. The van der Waals surface area contributed by atoms with Crippen molar-refractivity contribution in [2.45, 2.75) is 309 Å². The van der Waals surface area contributed by atoms with Crippen LogP contribution in [0.2, 0.25) is 0 Å². The summed E-state index contributed by atoms with van der Waals surface area (Å²) in [7, 11) is 0. The zero-order valence-electron chi connectivity index (χ0n) is 51.8. The van der Waals surface area contributed by atoms with Gasteiger partial charge in [0.25, 0.3) is 0 Å². The molecule has 0 aromatic carbocycles. The maximum absolute atomic E-state index is 13.1. The molecule has 0 fully saturated rings. The van der Waals surface area contributed by atoms with Gasteiger partial charge in [-0.2, -0.15) is 0 Å². The molecule has 0 saturated heterocycles. The number of aliphatic hydroxyl groups excluding tert-OH is 4. The Bertz CT molecular complexity index is 1180. The first-order chi connectivity index (χ1) is 38.5. The van der Waals surface area contributed by atoms with Crippen molar-refractivity contribution in [1.29, 1.82) is 0 Å². The van der Waals surface area contributed by atoms with Crippen molar-refractivity contribution in [2.75, 3.05) is 78.7 Å². The van der Waals surface area contributed by atoms with E-state index >= 15 is 0 Å². The van der Waals surface area contributed by atoms with Crippen molar-refractivity contribution >= 4 is 23.6 Å². The van der Waals surface area contributed by atoms with Gasteiger partial charge in [-0.1, -0.05) is 259 Å². The summed E-state index contributed by atoms with van der Waals surface area (Å²) in [5.41, 5.74) is 0. The Morgan fingerprint density at radius 3 is 0.633 bits per heavy atom. The molecule has 0 aliphatic rings. The smallest absolute Gasteiger partial charge is 0.250 e. The van der Waals surface area contributed by atoms with Crippen LogP contribution >= 0.6 is 0 Å². The first-order valence-corrected chi connectivity index (χ1v) is 33.4. The number of ether oxygens (including phenoxy) is 1. The highest BCUT2D eigenvalue weighted by molar-refractivity contribution is 5.82. The molecule has 468 valence electrons. The molecule has 4 unspecified atom stereocenters. The van der Waals surface area contributed by atoms with Crippen LogP contribution < -0.4 is 21.3 Å². The topological polar surface area (TPSA) is 213 Å². The van der Waals surface area contributed by atoms with E-state index in [0.29, 0.717) is 26.2 Å². The second-order valence-corrected chi connectivity index (χ2v) is 23.1. The van der Waals surface area contributed by atoms with Gasteiger partial charge in [-0.05, 0) is 25.7 Å². The molecule has 4 amide bonds. The Hall–Kier alpha value is -2.40. The van der Waals surface area contributed by atoms with Gasteiger partial charge in [-0.3, -0.25) is 29.0 Å². The lowest BCUT2D eigenvalue weighted by molar-refractivity contribution is -0.133. The minimum atomic E-state index is -1.39. The zero-order chi connectivity index (χ0) is 58.1. The van der Waals surface area contributed by atoms with E-state index in [0.717, 1.165) is 77.0 Å². The number of nitrogens with zero attached hydrogens (tertiary/aromatic N) is 2. The minimum Gasteiger partial charge on any atom is -0.382 e. The Balaban J connectivity index is 5.45. The number of hydrogen-bond donors (Lipinski definition) is 8. The summed E-state index contributed by atoms with van der Waals surface area (Å²) in [6.45, 7) is 10.8. The third kappa shape index (κ3) is 51.0. The average Bonchev–Trinajstić information content (AvgIpc) is 3.43. The fraction of sp³-hybridized carbons (Fsp3) is 0.938. The lowest BCUT2D eigenvalue weighted by Crippen LogP contribution is -2.49. The Kier molecular flexibility index (Phi) is 57.0. The van der Waals surface area contributed by atoms with Crippen LogP contribution in [0.3, 0.4) is 0 Å². The molecule has 0 saturated carbocycles. The molecular formula is C64H128N6O9. The molecule has 0 aromatic heterocycles. The van der Waals surface area contributed by atoms with Gasteiger partial charge < -0.3 is 46.4 Å². The maximum atomic E-state index is 13.1. The molecule has 15 nitrogen and oxygen atoms in total. The van der Waals surface area contributed by atoms with E-state index in [1.54, 1.807) is 9.80 Å². The second kappa shape index (κ2) is 58.8. The second-order valence-electron chi connectivity index (χ2n) is 23.1. The average molecular weight is 1130 g/mol. The number of carbonyl (C=O) groups excluding carboxylic acids is 4. The van der Waals surface area contributed by atoms with Crippen LogP contribution in [-0.4, -0.2) is 157 Å². The van der Waals surface area contributed by atoms with Crippen LogP contribution in [-0.2, 0) is 23.9 Å². The van der Waals surface area contributed by atoms with Crippen LogP contribution in [0.25, 0.3) is 0 Å². The molecule has 0 aliphatic heterocycles. The lowest BCUT2D eigenvalue weighted by atomic mass is 10.1. The molecular weight excluding hydrogens is 997 g/mol. The highest BCUT2D eigenvalue weighted by Crippen LogP contribution is 2.14. The molecule has 0 heterocycles. The van der Waals surface area contributed by atoms with Gasteiger partial charge in [0.05, 0.1) is 13.2 Å². The number of nitrogens with one attached hydrogen (secondary N) is 4. The van der Waals surface area contributed by atoms with Crippen LogP contribution in [0.15, 0.2) is 0 Å². The van der Waals surface area contributed by atoms with Crippen LogP contribution in [0.4, 0.5) is 0 Å². The van der Waals surface area contributed by atoms with Crippen molar-refractivity contribution in [3.05, 3.63) is 0 Å². The van der Waals surface area contributed by atoms with Crippen molar-refractivity contribution < 1.29 is 44.3 Å². The fourth-order valence-electron chi connectivity index (χ4n) is 10.1. The SMILES string of the molecule is CCCCCCCCCCCCNC(=O)C(O)CN(CCOCCN(CC(O)C(=O)NCCCCCCCCCCCC)CC(O)C(=O)NCCCCCCCCCCCC)CC(O)C(=O)NCCCCCCCCCCCC. The van der Waals surface area contributed by atoms with Crippen molar-refractivity contribution in [3.8, 4) is 0 Å². The summed E-state index contributed by atoms with van der Waals surface area (Å²) in [4.78, 5) is 55.5. The molecule has 79 heavy (non-hydrogen) atoms. The fourth-order valence-corrected chi connectivity index (χ4v) is 10.1. The van der Waals surface area contributed by atoms with E-state index in [1.807, 2.05) is 0 Å². The highest BCUT2D eigenvalue weighted by atomic mass is 16.5. The first kappa shape index (κ1) is 76.6. The standard InChI is InChI=1S/C64H128N6O9/c1-5-9-13-17-21-25-29-33-37-41-45-65-61(75)57(71)53-69(54-58(72)62(76)66-46-42-38-34-30-26-22-18-14-10-6-2)49-51-79-52-50-70(55-59(73)63(77)67-47-43-39-35-31-27-23-19-15-11-7-3)56-60(74)64(78)68-48-44-40-36-32-28-24-20-16-12-8-4/h57-60,71-74H,5-56H2,1-4H3,(H,65,75)(H,66,76)(H,67,77)(H,68,78). The Morgan fingerprint density at radius 2 is 0.456 bits per heavy atom. The number of rotatable bonds is 62. The molecule has 8 N–H and O–H groups in total. The predicted molar refractivity (Wildman–Crippen MR) is 327 cm³/mol. The van der Waals surface area contributed by atoms with Gasteiger partial charge in [0.1, 0.15) is 24.4 Å². The summed E-state index contributed by atoms with van der Waals surface area (Å²) >= 11 is 0. The van der Waals surface area contributed by atoms with Crippen molar-refractivity contribution in [2.24, 2.45) is 0 Å². The van der Waals surface area contributed by atoms with Gasteiger partial charge in [-0.25, -0.2) is 0 Å². The van der Waals surface area contributed by atoms with Gasteiger partial charge in [0.2, 0.25) is 23.6 Å². The summed E-state index contributed by atoms with van der Waals surface area (Å²) in [5, 5.41) is 55.6. The lowest BCUT2D eigenvalue weighted by Gasteiger charge is -2.28. The quantitative estimate of drug-likeness (QED) is 0.0268. The van der Waals surface area contributed by atoms with Crippen molar-refractivity contribution in [3.63, 3.8) is 0 Å². The van der Waals surface area contributed by atoms with Crippen molar-refractivity contribution in [1.82, 2.24) is 31.1 Å². The molecule has 0 rings (SSSR count). The molecule has 0 bridgehead atoms. The molecule has 0 aliphatic carbocycles. The van der Waals surface area contributed by atoms with Gasteiger partial charge in [0.15, 0.2) is 0 Å². The summed E-state index contributed by atoms with van der Waals surface area (Å²) in [5.74, 6) is -2.02. The minimum absolute atomic E-state index is 0.109. The number of unbranched alkanes of at least 4 members (excludes halogenated alkanes) is 36. The molecule has 0 spiro atoms. The summed E-state index contributed by atoms with van der Waals surface area (Å²) in [6, 6.07) is 0. The Labute approximate surface area is 484 Å². The normalized spacial score (nSPS) is 13.2. The van der Waals surface area contributed by atoms with Crippen LogP contribution in [0.5, 0.6) is 0 Å². The van der Waals surface area contributed by atoms with Gasteiger partial charge >= 0.3 is 0 Å². The number of carbonyl (C=O) groups is 4. The van der Waals surface area contributed by atoms with E-state index < -0.39 is 48.0 Å². The molecule has 4 atom stereocenters. The maximum Gasteiger partial charge on any atom is 0.250 e. The highest BCUT2D eigenvalue weighted by Gasteiger charge is 2.26. The number of hydrogen-bond acceptors (Lipinski definition) is 11. The van der Waals surface area contributed by atoms with Crippen LogP contribution in [0, 0.1) is 0 Å². The number of aliphatic hydroxyl groups is 4. The summed E-state index contributed by atoms with van der Waals surface area (Å²) < 4.78 is 6.03. The first-order valence-electron chi connectivity index (χ1n) is 33.4. The van der Waals surface area contributed by atoms with E-state index in [1.165, 1.54) is 180 Å². The van der Waals surface area contributed by atoms with Gasteiger partial charge in [0, 0.05) is 65.4 Å². The van der Waals surface area contributed by atoms with Crippen LogP contribution in [0.1, 0.15) is 285 Å². The van der Waals surface area contributed by atoms with E-state index in [2.05, 4.69) is 49.0 Å². The van der Waals surface area contributed by atoms with E-state index in [-0.39, 0.29) is 52.5 Å². The monoisotopic (exact) mass is 1120 g/mol. The number of amides is 4.